The van der Waals surface area contributed by atoms with E-state index < -0.39 is 17.6 Å². The van der Waals surface area contributed by atoms with Crippen molar-refractivity contribution >= 4 is 0 Å². The van der Waals surface area contributed by atoms with E-state index in [0.29, 0.717) is 0 Å². The Labute approximate surface area is 52.4 Å². The standard InChI is InChI=1S/C4H9NO4/c1-9-3-4(6)2-5(7)8/h4,6H,2-3H2,1H3. The van der Waals surface area contributed by atoms with Gasteiger partial charge in [-0.25, -0.2) is 0 Å². The molecule has 1 N–H and O–H groups in total. The summed E-state index contributed by atoms with van der Waals surface area (Å²) in [6.45, 7) is -0.436. The van der Waals surface area contributed by atoms with Crippen LogP contribution in [-0.2, 0) is 4.74 Å². The van der Waals surface area contributed by atoms with Crippen LogP contribution in [-0.4, -0.2) is 36.4 Å². The minimum atomic E-state index is -0.981. The van der Waals surface area contributed by atoms with E-state index in [1.807, 2.05) is 0 Å². The number of hydrogen-bond acceptors (Lipinski definition) is 4. The molecule has 0 bridgehead atoms. The molecule has 0 aliphatic heterocycles. The molecule has 0 aliphatic carbocycles. The average Bonchev–Trinajstić information content (AvgIpc) is 1.63. The summed E-state index contributed by atoms with van der Waals surface area (Å²) in [7, 11) is 1.38. The highest BCUT2D eigenvalue weighted by Gasteiger charge is 2.09. The van der Waals surface area contributed by atoms with E-state index in [4.69, 9.17) is 5.11 Å². The van der Waals surface area contributed by atoms with Gasteiger partial charge in [0.25, 0.3) is 0 Å². The maximum atomic E-state index is 9.67. The van der Waals surface area contributed by atoms with E-state index in [2.05, 4.69) is 4.74 Å². The number of aliphatic hydroxyl groups is 1. The molecule has 0 amide bonds. The van der Waals surface area contributed by atoms with Crippen molar-refractivity contribution in [1.29, 1.82) is 0 Å². The fraction of sp³-hybridized carbons (Fsp3) is 1.00. The highest BCUT2D eigenvalue weighted by atomic mass is 16.6. The number of methoxy groups -OCH3 is 1. The van der Waals surface area contributed by atoms with Crippen LogP contribution in [0.5, 0.6) is 0 Å². The molecule has 5 heteroatoms. The van der Waals surface area contributed by atoms with E-state index >= 15 is 0 Å². The van der Waals surface area contributed by atoms with Gasteiger partial charge in [-0.05, 0) is 0 Å². The molecule has 0 fully saturated rings. The lowest BCUT2D eigenvalue weighted by Gasteiger charge is -2.01. The summed E-state index contributed by atoms with van der Waals surface area (Å²) in [5, 5.41) is 18.3. The number of nitro groups is 1. The van der Waals surface area contributed by atoms with E-state index in [1.165, 1.54) is 7.11 Å². The van der Waals surface area contributed by atoms with Crippen molar-refractivity contribution in [2.24, 2.45) is 0 Å². The first-order chi connectivity index (χ1) is 4.16. The lowest BCUT2D eigenvalue weighted by atomic mass is 10.4. The molecular formula is C4H9NO4. The first-order valence-corrected chi connectivity index (χ1v) is 2.45. The van der Waals surface area contributed by atoms with Crippen LogP contribution in [0.3, 0.4) is 0 Å². The zero-order valence-electron chi connectivity index (χ0n) is 5.11. The molecule has 0 spiro atoms. The molecule has 0 rings (SSSR count). The average molecular weight is 135 g/mol. The van der Waals surface area contributed by atoms with Crippen LogP contribution >= 0.6 is 0 Å². The molecule has 1 unspecified atom stereocenters. The molecule has 0 saturated heterocycles. The maximum absolute atomic E-state index is 9.67. The van der Waals surface area contributed by atoms with Gasteiger partial charge in [0.1, 0.15) is 6.10 Å². The summed E-state index contributed by atoms with van der Waals surface area (Å²) in [5.74, 6) is 0. The van der Waals surface area contributed by atoms with Crippen molar-refractivity contribution in [3.63, 3.8) is 0 Å². The fourth-order valence-electron chi connectivity index (χ4n) is 0.417. The summed E-state index contributed by atoms with van der Waals surface area (Å²) in [5.41, 5.74) is 0. The van der Waals surface area contributed by atoms with Crippen LogP contribution in [0.4, 0.5) is 0 Å². The van der Waals surface area contributed by atoms with Crippen molar-refractivity contribution in [3.8, 4) is 0 Å². The van der Waals surface area contributed by atoms with Gasteiger partial charge in [-0.1, -0.05) is 0 Å². The van der Waals surface area contributed by atoms with Gasteiger partial charge >= 0.3 is 0 Å². The second-order valence-corrected chi connectivity index (χ2v) is 1.62. The van der Waals surface area contributed by atoms with Crippen LogP contribution in [0.15, 0.2) is 0 Å². The Morgan fingerprint density at radius 2 is 2.44 bits per heavy atom. The predicted octanol–water partition coefficient (Wildman–Crippen LogP) is -0.730. The number of rotatable bonds is 4. The van der Waals surface area contributed by atoms with Crippen LogP contribution in [0, 0.1) is 10.1 Å². The Kier molecular flexibility index (Phi) is 3.90. The molecule has 0 radical (unpaired) electrons. The summed E-state index contributed by atoms with van der Waals surface area (Å²) in [6.07, 6.45) is -0.981. The van der Waals surface area contributed by atoms with Crippen molar-refractivity contribution in [2.75, 3.05) is 20.3 Å². The first-order valence-electron chi connectivity index (χ1n) is 2.45. The third-order valence-corrected chi connectivity index (χ3v) is 0.719. The Balaban J connectivity index is 3.26. The molecule has 9 heavy (non-hydrogen) atoms. The molecule has 0 heterocycles. The van der Waals surface area contributed by atoms with Gasteiger partial charge in [-0.15, -0.1) is 0 Å². The second kappa shape index (κ2) is 4.22. The number of hydrogen-bond donors (Lipinski definition) is 1. The Hall–Kier alpha value is -0.680. The molecule has 1 atom stereocenters. The lowest BCUT2D eigenvalue weighted by Crippen LogP contribution is -2.23. The van der Waals surface area contributed by atoms with Gasteiger partial charge in [0, 0.05) is 12.0 Å². The Bertz CT molecular complexity index is 94.6. The third-order valence-electron chi connectivity index (χ3n) is 0.719. The van der Waals surface area contributed by atoms with Crippen molar-refractivity contribution < 1.29 is 14.8 Å². The zero-order valence-corrected chi connectivity index (χ0v) is 5.11. The lowest BCUT2D eigenvalue weighted by molar-refractivity contribution is -0.491. The summed E-state index contributed by atoms with van der Waals surface area (Å²) in [4.78, 5) is 9.09. The van der Waals surface area contributed by atoms with E-state index in [1.54, 1.807) is 0 Å². The van der Waals surface area contributed by atoms with E-state index in [9.17, 15) is 10.1 Å². The molecule has 0 aliphatic rings. The van der Waals surface area contributed by atoms with Gasteiger partial charge in [0.15, 0.2) is 0 Å². The number of nitrogens with zero attached hydrogens (tertiary/aromatic N) is 1. The largest absolute Gasteiger partial charge is 0.384 e. The normalized spacial score (nSPS) is 13.1. The van der Waals surface area contributed by atoms with Crippen molar-refractivity contribution in [1.82, 2.24) is 0 Å². The Morgan fingerprint density at radius 3 is 2.78 bits per heavy atom. The summed E-state index contributed by atoms with van der Waals surface area (Å²) < 4.78 is 4.45. The molecule has 0 saturated carbocycles. The monoisotopic (exact) mass is 135 g/mol. The van der Waals surface area contributed by atoms with E-state index in [0.717, 1.165) is 0 Å². The van der Waals surface area contributed by atoms with Gasteiger partial charge in [-0.3, -0.25) is 10.1 Å². The summed E-state index contributed by atoms with van der Waals surface area (Å²) >= 11 is 0. The first kappa shape index (κ1) is 8.32. The topological polar surface area (TPSA) is 72.6 Å². The van der Waals surface area contributed by atoms with Crippen molar-refractivity contribution in [2.45, 2.75) is 6.10 Å². The minimum absolute atomic E-state index is 0.0149. The SMILES string of the molecule is COCC(O)C[N+](=O)[O-]. The maximum Gasteiger partial charge on any atom is 0.231 e. The van der Waals surface area contributed by atoms with E-state index in [-0.39, 0.29) is 6.61 Å². The summed E-state index contributed by atoms with van der Waals surface area (Å²) in [6, 6.07) is 0. The number of ether oxygens (including phenoxy) is 1. The molecule has 0 aromatic rings. The van der Waals surface area contributed by atoms with Crippen LogP contribution < -0.4 is 0 Å². The van der Waals surface area contributed by atoms with Gasteiger partial charge in [-0.2, -0.15) is 0 Å². The smallest absolute Gasteiger partial charge is 0.231 e. The minimum Gasteiger partial charge on any atom is -0.384 e. The number of aliphatic hydroxyl groups excluding tert-OH is 1. The van der Waals surface area contributed by atoms with Crippen LogP contribution in [0.1, 0.15) is 0 Å². The van der Waals surface area contributed by atoms with Gasteiger partial charge in [0.2, 0.25) is 6.54 Å². The van der Waals surface area contributed by atoms with Crippen molar-refractivity contribution in [3.05, 3.63) is 10.1 Å². The van der Waals surface area contributed by atoms with Crippen LogP contribution in [0.25, 0.3) is 0 Å². The van der Waals surface area contributed by atoms with Gasteiger partial charge < -0.3 is 9.84 Å². The second-order valence-electron chi connectivity index (χ2n) is 1.62. The zero-order chi connectivity index (χ0) is 7.28. The highest BCUT2D eigenvalue weighted by Crippen LogP contribution is 1.83. The van der Waals surface area contributed by atoms with Gasteiger partial charge in [0.05, 0.1) is 6.61 Å². The quantitative estimate of drug-likeness (QED) is 0.407. The molecule has 0 aromatic carbocycles. The third kappa shape index (κ3) is 5.19. The molecule has 5 nitrogen and oxygen atoms in total. The fourth-order valence-corrected chi connectivity index (χ4v) is 0.417. The van der Waals surface area contributed by atoms with Crippen LogP contribution in [0.2, 0.25) is 0 Å². The Morgan fingerprint density at radius 1 is 1.89 bits per heavy atom. The molecular weight excluding hydrogens is 126 g/mol. The molecule has 54 valence electrons. The highest BCUT2D eigenvalue weighted by molar-refractivity contribution is 4.47. The predicted molar refractivity (Wildman–Crippen MR) is 29.7 cm³/mol. The molecule has 0 aromatic heterocycles.